The molecule has 0 spiro atoms. The molecule has 0 saturated carbocycles. The van der Waals surface area contributed by atoms with Crippen LogP contribution in [0.5, 0.6) is 0 Å². The molecule has 0 atom stereocenters. The molecule has 1 aromatic rings. The lowest BCUT2D eigenvalue weighted by Gasteiger charge is -2.29. The van der Waals surface area contributed by atoms with Gasteiger partial charge in [-0.25, -0.2) is 8.42 Å². The van der Waals surface area contributed by atoms with E-state index in [4.69, 9.17) is 10.4 Å². The number of halogens is 1. The van der Waals surface area contributed by atoms with E-state index in [0.29, 0.717) is 17.3 Å². The van der Waals surface area contributed by atoms with Gasteiger partial charge in [0.25, 0.3) is 0 Å². The first-order chi connectivity index (χ1) is 9.84. The fourth-order valence-corrected chi connectivity index (χ4v) is 4.45. The molecule has 1 aromatic carbocycles. The number of carboxylic acids is 1. The van der Waals surface area contributed by atoms with E-state index in [2.05, 4.69) is 15.9 Å². The van der Waals surface area contributed by atoms with Gasteiger partial charge in [0.2, 0.25) is 10.0 Å². The summed E-state index contributed by atoms with van der Waals surface area (Å²) in [6.07, 6.45) is 0.599. The number of piperidine rings is 1. The minimum absolute atomic E-state index is 0.0437. The molecule has 0 aliphatic carbocycles. The van der Waals surface area contributed by atoms with Gasteiger partial charge < -0.3 is 5.11 Å². The number of sulfonamides is 1. The Hall–Kier alpha value is -1.43. The fourth-order valence-electron chi connectivity index (χ4n) is 2.27. The molecular weight excluding hydrogens is 360 g/mol. The molecular formula is C13H13BrN2O4S. The van der Waals surface area contributed by atoms with Crippen molar-refractivity contribution in [2.24, 2.45) is 5.92 Å². The van der Waals surface area contributed by atoms with Crippen LogP contribution in [0.1, 0.15) is 18.4 Å². The highest BCUT2D eigenvalue weighted by Gasteiger charge is 2.32. The van der Waals surface area contributed by atoms with Gasteiger partial charge in [0.15, 0.2) is 0 Å². The number of nitrogens with zero attached hydrogens (tertiary/aromatic N) is 2. The second-order valence-electron chi connectivity index (χ2n) is 4.80. The highest BCUT2D eigenvalue weighted by atomic mass is 79.9. The zero-order valence-corrected chi connectivity index (χ0v) is 13.4. The third-order valence-electron chi connectivity index (χ3n) is 3.44. The van der Waals surface area contributed by atoms with Gasteiger partial charge in [0, 0.05) is 17.6 Å². The number of hydrogen-bond acceptors (Lipinski definition) is 4. The Labute approximate surface area is 131 Å². The van der Waals surface area contributed by atoms with E-state index in [1.165, 1.54) is 22.5 Å². The van der Waals surface area contributed by atoms with E-state index < -0.39 is 21.9 Å². The van der Waals surface area contributed by atoms with Gasteiger partial charge in [0.05, 0.1) is 22.4 Å². The third-order valence-corrected chi connectivity index (χ3v) is 5.78. The van der Waals surface area contributed by atoms with Crippen molar-refractivity contribution in [2.45, 2.75) is 17.7 Å². The van der Waals surface area contributed by atoms with Crippen molar-refractivity contribution in [3.05, 3.63) is 28.2 Å². The quantitative estimate of drug-likeness (QED) is 0.871. The topological polar surface area (TPSA) is 98.5 Å². The van der Waals surface area contributed by atoms with Crippen molar-refractivity contribution in [3.8, 4) is 6.07 Å². The van der Waals surface area contributed by atoms with Crippen molar-refractivity contribution in [3.63, 3.8) is 0 Å². The summed E-state index contributed by atoms with van der Waals surface area (Å²) in [5.74, 6) is -1.38. The third kappa shape index (κ3) is 3.43. The van der Waals surface area contributed by atoms with E-state index in [-0.39, 0.29) is 23.5 Å². The minimum Gasteiger partial charge on any atom is -0.481 e. The lowest BCUT2D eigenvalue weighted by atomic mass is 9.99. The van der Waals surface area contributed by atoms with Crippen LogP contribution in [0.15, 0.2) is 27.6 Å². The lowest BCUT2D eigenvalue weighted by Crippen LogP contribution is -2.40. The second-order valence-corrected chi connectivity index (χ2v) is 7.66. The molecule has 2 rings (SSSR count). The molecule has 1 aliphatic heterocycles. The first-order valence-electron chi connectivity index (χ1n) is 6.28. The Bertz CT molecular complexity index is 703. The number of carboxylic acid groups (broad SMARTS) is 1. The summed E-state index contributed by atoms with van der Waals surface area (Å²) >= 11 is 3.19. The molecule has 112 valence electrons. The maximum atomic E-state index is 12.5. The summed E-state index contributed by atoms with van der Waals surface area (Å²) in [7, 11) is -3.71. The van der Waals surface area contributed by atoms with Crippen molar-refractivity contribution in [1.82, 2.24) is 4.31 Å². The predicted octanol–water partition coefficient (Wildman–Crippen LogP) is 1.81. The molecule has 1 N–H and O–H groups in total. The SMILES string of the molecule is N#Cc1cc(Br)cc(S(=O)(=O)N2CCC(C(=O)O)CC2)c1. The van der Waals surface area contributed by atoms with Crippen LogP contribution in [0, 0.1) is 17.2 Å². The largest absolute Gasteiger partial charge is 0.481 e. The maximum absolute atomic E-state index is 12.5. The zero-order valence-electron chi connectivity index (χ0n) is 11.0. The molecule has 8 heteroatoms. The monoisotopic (exact) mass is 372 g/mol. The van der Waals surface area contributed by atoms with E-state index in [9.17, 15) is 13.2 Å². The first kappa shape index (κ1) is 15.9. The van der Waals surface area contributed by atoms with Crippen molar-refractivity contribution < 1.29 is 18.3 Å². The van der Waals surface area contributed by atoms with Crippen LogP contribution in [0.3, 0.4) is 0 Å². The number of benzene rings is 1. The number of aliphatic carboxylic acids is 1. The fraction of sp³-hybridized carbons (Fsp3) is 0.385. The normalized spacial score (nSPS) is 17.3. The number of rotatable bonds is 3. The zero-order chi connectivity index (χ0) is 15.6. The van der Waals surface area contributed by atoms with Crippen LogP contribution in [0.2, 0.25) is 0 Å². The number of carbonyl (C=O) groups is 1. The standard InChI is InChI=1S/C13H13BrN2O4S/c14-11-5-9(8-15)6-12(7-11)21(19,20)16-3-1-10(2-4-16)13(17)18/h5-7,10H,1-4H2,(H,17,18). The van der Waals surface area contributed by atoms with E-state index in [0.717, 1.165) is 0 Å². The van der Waals surface area contributed by atoms with Gasteiger partial charge in [-0.3, -0.25) is 4.79 Å². The Kier molecular flexibility index (Phi) is 4.66. The van der Waals surface area contributed by atoms with Crippen LogP contribution < -0.4 is 0 Å². The molecule has 21 heavy (non-hydrogen) atoms. The predicted molar refractivity (Wildman–Crippen MR) is 78.0 cm³/mol. The van der Waals surface area contributed by atoms with Crippen LogP contribution >= 0.6 is 15.9 Å². The van der Waals surface area contributed by atoms with Crippen molar-refractivity contribution in [2.75, 3.05) is 13.1 Å². The summed E-state index contributed by atoms with van der Waals surface area (Å²) < 4.78 is 26.9. The Morgan fingerprint density at radius 2 is 1.95 bits per heavy atom. The van der Waals surface area contributed by atoms with E-state index in [1.807, 2.05) is 6.07 Å². The molecule has 1 heterocycles. The smallest absolute Gasteiger partial charge is 0.306 e. The van der Waals surface area contributed by atoms with Gasteiger partial charge >= 0.3 is 5.97 Å². The number of hydrogen-bond donors (Lipinski definition) is 1. The molecule has 6 nitrogen and oxygen atoms in total. The van der Waals surface area contributed by atoms with Gasteiger partial charge in [-0.05, 0) is 31.0 Å². The van der Waals surface area contributed by atoms with Crippen molar-refractivity contribution >= 4 is 31.9 Å². The summed E-state index contributed by atoms with van der Waals surface area (Å²) in [4.78, 5) is 10.9. The molecule has 0 bridgehead atoms. The second kappa shape index (κ2) is 6.13. The summed E-state index contributed by atoms with van der Waals surface area (Å²) in [6, 6.07) is 6.22. The Balaban J connectivity index is 2.26. The van der Waals surface area contributed by atoms with E-state index in [1.54, 1.807) is 0 Å². The molecule has 1 fully saturated rings. The van der Waals surface area contributed by atoms with Crippen LogP contribution in [-0.4, -0.2) is 36.9 Å². The Morgan fingerprint density at radius 1 is 1.33 bits per heavy atom. The number of nitriles is 1. The van der Waals surface area contributed by atoms with Gasteiger partial charge in [0.1, 0.15) is 0 Å². The van der Waals surface area contributed by atoms with Gasteiger partial charge in [-0.1, -0.05) is 15.9 Å². The molecule has 0 unspecified atom stereocenters. The Morgan fingerprint density at radius 3 is 2.48 bits per heavy atom. The molecule has 0 radical (unpaired) electrons. The average molecular weight is 373 g/mol. The van der Waals surface area contributed by atoms with Crippen molar-refractivity contribution in [1.29, 1.82) is 5.26 Å². The summed E-state index contributed by atoms with van der Waals surface area (Å²) in [6.45, 7) is 0.349. The highest BCUT2D eigenvalue weighted by Crippen LogP contribution is 2.26. The summed E-state index contributed by atoms with van der Waals surface area (Å²) in [5.41, 5.74) is 0.253. The minimum atomic E-state index is -3.71. The van der Waals surface area contributed by atoms with Gasteiger partial charge in [-0.2, -0.15) is 9.57 Å². The summed E-state index contributed by atoms with van der Waals surface area (Å²) in [5, 5.41) is 17.9. The van der Waals surface area contributed by atoms with E-state index >= 15 is 0 Å². The van der Waals surface area contributed by atoms with Crippen LogP contribution in [0.25, 0.3) is 0 Å². The molecule has 1 saturated heterocycles. The molecule has 0 amide bonds. The van der Waals surface area contributed by atoms with Gasteiger partial charge in [-0.15, -0.1) is 0 Å². The molecule has 0 aromatic heterocycles. The van der Waals surface area contributed by atoms with Crippen LogP contribution in [-0.2, 0) is 14.8 Å². The average Bonchev–Trinajstić information content (AvgIpc) is 2.46. The maximum Gasteiger partial charge on any atom is 0.306 e. The van der Waals surface area contributed by atoms with Crippen LogP contribution in [0.4, 0.5) is 0 Å². The highest BCUT2D eigenvalue weighted by molar-refractivity contribution is 9.10. The molecule has 1 aliphatic rings. The lowest BCUT2D eigenvalue weighted by molar-refractivity contribution is -0.142. The first-order valence-corrected chi connectivity index (χ1v) is 8.51.